The van der Waals surface area contributed by atoms with Crippen LogP contribution >= 0.6 is 0 Å². The fourth-order valence-corrected chi connectivity index (χ4v) is 0.723. The second-order valence-electron chi connectivity index (χ2n) is 2.18. The molecule has 0 unspecified atom stereocenters. The Balaban J connectivity index is 3.22. The van der Waals surface area contributed by atoms with Gasteiger partial charge < -0.3 is 15.7 Å². The van der Waals surface area contributed by atoms with Gasteiger partial charge in [-0.15, -0.1) is 0 Å². The van der Waals surface area contributed by atoms with Crippen LogP contribution in [0, 0.1) is 0 Å². The fraction of sp³-hybridized carbons (Fsp3) is 0.857. The van der Waals surface area contributed by atoms with Crippen molar-refractivity contribution in [3.8, 4) is 0 Å². The highest BCUT2D eigenvalue weighted by atomic mass is 16.2. The van der Waals surface area contributed by atoms with Gasteiger partial charge in [0.25, 0.3) is 0 Å². The van der Waals surface area contributed by atoms with E-state index in [4.69, 9.17) is 5.11 Å². The lowest BCUT2D eigenvalue weighted by Gasteiger charge is -2.06. The maximum Gasteiger partial charge on any atom is 0.190 e. The SMILES string of the molecule is CN=C(NC)NCCCCO. The summed E-state index contributed by atoms with van der Waals surface area (Å²) in [7, 11) is 3.55. The number of nitrogens with one attached hydrogen (secondary N) is 2. The fourth-order valence-electron chi connectivity index (χ4n) is 0.723. The molecule has 11 heavy (non-hydrogen) atoms. The molecule has 4 heteroatoms. The highest BCUT2D eigenvalue weighted by Crippen LogP contribution is 1.82. The molecule has 0 bridgehead atoms. The molecule has 0 heterocycles. The van der Waals surface area contributed by atoms with Gasteiger partial charge in [0.15, 0.2) is 5.96 Å². The van der Waals surface area contributed by atoms with Crippen molar-refractivity contribution in [3.05, 3.63) is 0 Å². The number of hydrogen-bond donors (Lipinski definition) is 3. The number of aliphatic hydroxyl groups excluding tert-OH is 1. The second kappa shape index (κ2) is 7.34. The predicted octanol–water partition coefficient (Wildman–Crippen LogP) is -0.446. The molecular weight excluding hydrogens is 142 g/mol. The Kier molecular flexibility index (Phi) is 6.82. The van der Waals surface area contributed by atoms with Crippen LogP contribution in [0.25, 0.3) is 0 Å². The van der Waals surface area contributed by atoms with Crippen molar-refractivity contribution in [1.29, 1.82) is 0 Å². The molecule has 0 aliphatic rings. The number of hydrogen-bond acceptors (Lipinski definition) is 2. The molecule has 3 N–H and O–H groups in total. The molecule has 0 aromatic carbocycles. The van der Waals surface area contributed by atoms with Gasteiger partial charge in [0.2, 0.25) is 0 Å². The van der Waals surface area contributed by atoms with Gasteiger partial charge in [0, 0.05) is 27.2 Å². The molecule has 0 saturated carbocycles. The van der Waals surface area contributed by atoms with E-state index >= 15 is 0 Å². The summed E-state index contributed by atoms with van der Waals surface area (Å²) in [6.07, 6.45) is 1.81. The molecule has 0 fully saturated rings. The van der Waals surface area contributed by atoms with Crippen molar-refractivity contribution in [2.45, 2.75) is 12.8 Å². The first-order valence-electron chi connectivity index (χ1n) is 3.84. The average Bonchev–Trinajstić information content (AvgIpc) is 2.05. The molecule has 0 aliphatic carbocycles. The van der Waals surface area contributed by atoms with E-state index in [0.29, 0.717) is 0 Å². The topological polar surface area (TPSA) is 56.7 Å². The predicted molar refractivity (Wildman–Crippen MR) is 46.7 cm³/mol. The molecule has 66 valence electrons. The van der Waals surface area contributed by atoms with E-state index in [-0.39, 0.29) is 6.61 Å². The van der Waals surface area contributed by atoms with Gasteiger partial charge in [0.1, 0.15) is 0 Å². The second-order valence-corrected chi connectivity index (χ2v) is 2.18. The number of aliphatic imine (C=N–C) groups is 1. The van der Waals surface area contributed by atoms with Gasteiger partial charge >= 0.3 is 0 Å². The lowest BCUT2D eigenvalue weighted by Crippen LogP contribution is -2.35. The van der Waals surface area contributed by atoms with Crippen LogP contribution in [0.1, 0.15) is 12.8 Å². The highest BCUT2D eigenvalue weighted by Gasteiger charge is 1.90. The van der Waals surface area contributed by atoms with Crippen molar-refractivity contribution in [3.63, 3.8) is 0 Å². The zero-order valence-corrected chi connectivity index (χ0v) is 7.22. The van der Waals surface area contributed by atoms with E-state index in [1.807, 2.05) is 7.05 Å². The van der Waals surface area contributed by atoms with Gasteiger partial charge in [-0.25, -0.2) is 0 Å². The standard InChI is InChI=1S/C7H17N3O/c1-8-7(9-2)10-5-3-4-6-11/h11H,3-6H2,1-2H3,(H2,8,9,10). The van der Waals surface area contributed by atoms with E-state index < -0.39 is 0 Å². The summed E-state index contributed by atoms with van der Waals surface area (Å²) in [4.78, 5) is 3.94. The summed E-state index contributed by atoms with van der Waals surface area (Å²) in [6, 6.07) is 0. The third-order valence-corrected chi connectivity index (χ3v) is 1.34. The van der Waals surface area contributed by atoms with E-state index in [9.17, 15) is 0 Å². The Hall–Kier alpha value is -0.770. The van der Waals surface area contributed by atoms with Crippen LogP contribution in [-0.4, -0.2) is 38.3 Å². The minimum absolute atomic E-state index is 0.264. The summed E-state index contributed by atoms with van der Waals surface area (Å²) in [5, 5.41) is 14.5. The lowest BCUT2D eigenvalue weighted by atomic mass is 10.3. The van der Waals surface area contributed by atoms with E-state index in [1.165, 1.54) is 0 Å². The number of guanidine groups is 1. The minimum atomic E-state index is 0.264. The van der Waals surface area contributed by atoms with Gasteiger partial charge in [-0.3, -0.25) is 4.99 Å². The molecule has 0 saturated heterocycles. The molecule has 0 radical (unpaired) electrons. The molecule has 0 atom stereocenters. The zero-order chi connectivity index (χ0) is 8.53. The van der Waals surface area contributed by atoms with Crippen molar-refractivity contribution >= 4 is 5.96 Å². The maximum absolute atomic E-state index is 8.47. The molecule has 0 amide bonds. The largest absolute Gasteiger partial charge is 0.396 e. The van der Waals surface area contributed by atoms with Crippen molar-refractivity contribution in [2.75, 3.05) is 27.2 Å². The van der Waals surface area contributed by atoms with Gasteiger partial charge in [-0.2, -0.15) is 0 Å². The van der Waals surface area contributed by atoms with E-state index in [1.54, 1.807) is 7.05 Å². The molecule has 0 rings (SSSR count). The molecular formula is C7H17N3O. The summed E-state index contributed by atoms with van der Waals surface area (Å²) < 4.78 is 0. The first-order valence-corrected chi connectivity index (χ1v) is 3.84. The van der Waals surface area contributed by atoms with Crippen LogP contribution in [-0.2, 0) is 0 Å². The summed E-state index contributed by atoms with van der Waals surface area (Å²) in [5.41, 5.74) is 0. The van der Waals surface area contributed by atoms with Crippen molar-refractivity contribution < 1.29 is 5.11 Å². The molecule has 0 spiro atoms. The first-order chi connectivity index (χ1) is 5.35. The third-order valence-electron chi connectivity index (χ3n) is 1.34. The lowest BCUT2D eigenvalue weighted by molar-refractivity contribution is 0.285. The molecule has 0 aromatic heterocycles. The Morgan fingerprint density at radius 3 is 2.64 bits per heavy atom. The number of unbranched alkanes of at least 4 members (excludes halogenated alkanes) is 1. The Morgan fingerprint density at radius 2 is 2.18 bits per heavy atom. The van der Waals surface area contributed by atoms with Crippen molar-refractivity contribution in [1.82, 2.24) is 10.6 Å². The number of rotatable bonds is 4. The van der Waals surface area contributed by atoms with Crippen LogP contribution < -0.4 is 10.6 Å². The van der Waals surface area contributed by atoms with Gasteiger partial charge in [0.05, 0.1) is 0 Å². The summed E-state index contributed by atoms with van der Waals surface area (Å²) in [5.74, 6) is 0.794. The van der Waals surface area contributed by atoms with Crippen LogP contribution in [0.4, 0.5) is 0 Å². The molecule has 0 aliphatic heterocycles. The number of nitrogens with zero attached hydrogens (tertiary/aromatic N) is 1. The smallest absolute Gasteiger partial charge is 0.190 e. The van der Waals surface area contributed by atoms with Crippen LogP contribution in [0.15, 0.2) is 4.99 Å². The Bertz CT molecular complexity index is 114. The van der Waals surface area contributed by atoms with E-state index in [2.05, 4.69) is 15.6 Å². The van der Waals surface area contributed by atoms with Crippen LogP contribution in [0.3, 0.4) is 0 Å². The minimum Gasteiger partial charge on any atom is -0.396 e. The highest BCUT2D eigenvalue weighted by molar-refractivity contribution is 5.79. The monoisotopic (exact) mass is 159 g/mol. The molecule has 0 aromatic rings. The average molecular weight is 159 g/mol. The quantitative estimate of drug-likeness (QED) is 0.296. The number of aliphatic hydroxyl groups is 1. The van der Waals surface area contributed by atoms with Gasteiger partial charge in [-0.05, 0) is 12.8 Å². The van der Waals surface area contributed by atoms with Crippen LogP contribution in [0.2, 0.25) is 0 Å². The van der Waals surface area contributed by atoms with Gasteiger partial charge in [-0.1, -0.05) is 0 Å². The van der Waals surface area contributed by atoms with Crippen LogP contribution in [0.5, 0.6) is 0 Å². The Labute approximate surface area is 67.7 Å². The van der Waals surface area contributed by atoms with E-state index in [0.717, 1.165) is 25.3 Å². The third kappa shape index (κ3) is 5.66. The zero-order valence-electron chi connectivity index (χ0n) is 7.22. The summed E-state index contributed by atoms with van der Waals surface area (Å²) in [6.45, 7) is 1.12. The Morgan fingerprint density at radius 1 is 1.45 bits per heavy atom. The normalized spacial score (nSPS) is 11.4. The molecule has 4 nitrogen and oxygen atoms in total. The summed E-state index contributed by atoms with van der Waals surface area (Å²) >= 11 is 0. The maximum atomic E-state index is 8.47. The van der Waals surface area contributed by atoms with Crippen molar-refractivity contribution in [2.24, 2.45) is 4.99 Å². The first kappa shape index (κ1) is 10.2.